The molecule has 0 saturated heterocycles. The first-order chi connectivity index (χ1) is 11.0. The van der Waals surface area contributed by atoms with Crippen LogP contribution in [0.15, 0.2) is 12.1 Å². The van der Waals surface area contributed by atoms with Crippen LogP contribution < -0.4 is 20.1 Å². The molecule has 0 aromatic heterocycles. The molecule has 0 radical (unpaired) electrons. The molecule has 1 amide bonds. The van der Waals surface area contributed by atoms with E-state index in [0.29, 0.717) is 35.4 Å². The van der Waals surface area contributed by atoms with Crippen LogP contribution in [-0.4, -0.2) is 31.2 Å². The Bertz CT molecular complexity index is 669. The summed E-state index contributed by atoms with van der Waals surface area (Å²) in [5.74, 6) is 1.20. The van der Waals surface area contributed by atoms with E-state index >= 15 is 0 Å². The summed E-state index contributed by atoms with van der Waals surface area (Å²) in [6.07, 6.45) is 1.96. The second-order valence-corrected chi connectivity index (χ2v) is 6.37. The fourth-order valence-electron chi connectivity index (χ4n) is 2.59. The fraction of sp³-hybridized carbons (Fsp3) is 0.500. The van der Waals surface area contributed by atoms with Gasteiger partial charge in [0.2, 0.25) is 5.91 Å². The number of amides is 1. The molecule has 0 unspecified atom stereocenters. The Kier molecular flexibility index (Phi) is 4.22. The smallest absolute Gasteiger partial charge is 0.240 e. The second kappa shape index (κ2) is 6.17. The lowest BCUT2D eigenvalue weighted by Gasteiger charge is -2.23. The third-order valence-electron chi connectivity index (χ3n) is 4.10. The number of hydrogen-bond acceptors (Lipinski definition) is 5. The molecule has 1 heterocycles. The number of benzene rings is 1. The van der Waals surface area contributed by atoms with Crippen molar-refractivity contribution in [2.24, 2.45) is 5.92 Å². The van der Waals surface area contributed by atoms with Gasteiger partial charge in [0.05, 0.1) is 23.3 Å². The molecule has 1 aromatic rings. The lowest BCUT2D eigenvalue weighted by atomic mass is 9.98. The number of halogens is 1. The number of ether oxygens (including phenoxy) is 2. The second-order valence-electron chi connectivity index (χ2n) is 5.97. The molecule has 2 N–H and O–H groups in total. The quantitative estimate of drug-likeness (QED) is 0.862. The van der Waals surface area contributed by atoms with Crippen molar-refractivity contribution >= 4 is 23.2 Å². The summed E-state index contributed by atoms with van der Waals surface area (Å²) >= 11 is 6.18. The number of rotatable bonds is 5. The molecule has 0 spiro atoms. The largest absolute Gasteiger partial charge is 0.486 e. The van der Waals surface area contributed by atoms with E-state index in [1.54, 1.807) is 19.1 Å². The number of carbonyl (C=O) groups excluding carboxylic acids is 1. The number of nitrogens with one attached hydrogen (secondary N) is 2. The predicted octanol–water partition coefficient (Wildman–Crippen LogP) is 2.33. The Morgan fingerprint density at radius 1 is 1.39 bits per heavy atom. The monoisotopic (exact) mass is 335 g/mol. The number of hydrogen-bond donors (Lipinski definition) is 2. The van der Waals surface area contributed by atoms with Crippen LogP contribution in [0.3, 0.4) is 0 Å². The van der Waals surface area contributed by atoms with Crippen LogP contribution in [0.1, 0.15) is 19.8 Å². The van der Waals surface area contributed by atoms with Gasteiger partial charge in [-0.2, -0.15) is 5.26 Å². The zero-order chi connectivity index (χ0) is 16.4. The highest BCUT2D eigenvalue weighted by Gasteiger charge is 2.42. The van der Waals surface area contributed by atoms with E-state index in [0.717, 1.165) is 12.8 Å². The number of fused-ring (bicyclic) bond motifs is 1. The summed E-state index contributed by atoms with van der Waals surface area (Å²) in [7, 11) is 0. The van der Waals surface area contributed by atoms with E-state index in [1.165, 1.54) is 0 Å². The molecule has 1 saturated carbocycles. The molecule has 1 aliphatic heterocycles. The molecule has 3 rings (SSSR count). The minimum absolute atomic E-state index is 0.0311. The maximum absolute atomic E-state index is 12.1. The van der Waals surface area contributed by atoms with Gasteiger partial charge in [-0.05, 0) is 25.7 Å². The third-order valence-corrected chi connectivity index (χ3v) is 4.41. The molecule has 6 nitrogen and oxygen atoms in total. The average Bonchev–Trinajstić information content (AvgIpc) is 3.38. The van der Waals surface area contributed by atoms with Crippen molar-refractivity contribution in [3.8, 4) is 17.6 Å². The normalized spacial score (nSPS) is 18.5. The van der Waals surface area contributed by atoms with Crippen LogP contribution >= 0.6 is 11.6 Å². The average molecular weight is 336 g/mol. The molecular weight excluding hydrogens is 318 g/mol. The molecular formula is C16H18ClN3O3. The molecule has 0 bridgehead atoms. The molecule has 1 fully saturated rings. The first-order valence-corrected chi connectivity index (χ1v) is 7.95. The minimum atomic E-state index is -0.796. The van der Waals surface area contributed by atoms with Gasteiger partial charge in [0.1, 0.15) is 18.8 Å². The summed E-state index contributed by atoms with van der Waals surface area (Å²) in [6.45, 7) is 2.77. The predicted molar refractivity (Wildman–Crippen MR) is 85.8 cm³/mol. The summed E-state index contributed by atoms with van der Waals surface area (Å²) in [5, 5.41) is 15.5. The molecule has 1 atom stereocenters. The van der Waals surface area contributed by atoms with Crippen molar-refractivity contribution in [3.63, 3.8) is 0 Å². The number of nitriles is 1. The zero-order valence-electron chi connectivity index (χ0n) is 12.8. The van der Waals surface area contributed by atoms with Crippen LogP contribution in [-0.2, 0) is 4.79 Å². The van der Waals surface area contributed by atoms with Gasteiger partial charge < -0.3 is 20.1 Å². The lowest BCUT2D eigenvalue weighted by Crippen LogP contribution is -2.48. The summed E-state index contributed by atoms with van der Waals surface area (Å²) < 4.78 is 10.9. The van der Waals surface area contributed by atoms with Gasteiger partial charge in [-0.15, -0.1) is 0 Å². The van der Waals surface area contributed by atoms with E-state index in [4.69, 9.17) is 21.1 Å². The molecule has 122 valence electrons. The van der Waals surface area contributed by atoms with Crippen molar-refractivity contribution in [1.29, 1.82) is 5.26 Å². The van der Waals surface area contributed by atoms with Crippen LogP contribution in [0.25, 0.3) is 0 Å². The lowest BCUT2D eigenvalue weighted by molar-refractivity contribution is -0.120. The molecule has 2 aliphatic rings. The number of nitrogens with zero attached hydrogens (tertiary/aromatic N) is 1. The Balaban J connectivity index is 1.62. The van der Waals surface area contributed by atoms with Crippen molar-refractivity contribution in [2.75, 3.05) is 25.1 Å². The van der Waals surface area contributed by atoms with Gasteiger partial charge in [-0.25, -0.2) is 0 Å². The van der Waals surface area contributed by atoms with E-state index in [-0.39, 0.29) is 18.4 Å². The maximum Gasteiger partial charge on any atom is 0.240 e. The number of anilines is 1. The minimum Gasteiger partial charge on any atom is -0.486 e. The SMILES string of the molecule is C[C@@](C#N)(NC(=O)CNc1cc2c(cc1Cl)OCCO2)C1CC1. The van der Waals surface area contributed by atoms with Crippen LogP contribution in [0, 0.1) is 17.2 Å². The van der Waals surface area contributed by atoms with E-state index in [9.17, 15) is 10.1 Å². The third kappa shape index (κ3) is 3.45. The summed E-state index contributed by atoms with van der Waals surface area (Å²) in [4.78, 5) is 12.1. The topological polar surface area (TPSA) is 83.4 Å². The Morgan fingerprint density at radius 3 is 2.65 bits per heavy atom. The highest BCUT2D eigenvalue weighted by Crippen LogP contribution is 2.39. The van der Waals surface area contributed by atoms with Gasteiger partial charge in [-0.3, -0.25) is 4.79 Å². The van der Waals surface area contributed by atoms with Gasteiger partial charge in [0.25, 0.3) is 0 Å². The van der Waals surface area contributed by atoms with Crippen molar-refractivity contribution in [3.05, 3.63) is 17.2 Å². The van der Waals surface area contributed by atoms with Crippen molar-refractivity contribution < 1.29 is 14.3 Å². The maximum atomic E-state index is 12.1. The van der Waals surface area contributed by atoms with Gasteiger partial charge >= 0.3 is 0 Å². The standard InChI is InChI=1S/C16H18ClN3O3/c1-16(9-18,10-2-3-10)20-15(21)8-19-12-7-14-13(6-11(12)17)22-4-5-23-14/h6-7,10,19H,2-5,8H2,1H3,(H,20,21)/t16-/m0/s1. The first kappa shape index (κ1) is 15.8. The zero-order valence-corrected chi connectivity index (χ0v) is 13.6. The van der Waals surface area contributed by atoms with Crippen molar-refractivity contribution in [2.45, 2.75) is 25.3 Å². The van der Waals surface area contributed by atoms with Crippen molar-refractivity contribution in [1.82, 2.24) is 5.32 Å². The van der Waals surface area contributed by atoms with E-state index in [2.05, 4.69) is 16.7 Å². The van der Waals surface area contributed by atoms with Gasteiger partial charge in [0.15, 0.2) is 11.5 Å². The number of carbonyl (C=O) groups is 1. The van der Waals surface area contributed by atoms with Crippen LogP contribution in [0.4, 0.5) is 5.69 Å². The fourth-order valence-corrected chi connectivity index (χ4v) is 2.81. The van der Waals surface area contributed by atoms with E-state index < -0.39 is 5.54 Å². The Labute approximate surface area is 139 Å². The molecule has 7 heteroatoms. The first-order valence-electron chi connectivity index (χ1n) is 7.57. The van der Waals surface area contributed by atoms with E-state index in [1.807, 2.05) is 0 Å². The van der Waals surface area contributed by atoms with Gasteiger partial charge in [0, 0.05) is 12.1 Å². The van der Waals surface area contributed by atoms with Crippen LogP contribution in [0.2, 0.25) is 5.02 Å². The summed E-state index contributed by atoms with van der Waals surface area (Å²) in [6, 6.07) is 5.58. The molecule has 23 heavy (non-hydrogen) atoms. The Hall–Kier alpha value is -2.13. The van der Waals surface area contributed by atoms with Crippen LogP contribution in [0.5, 0.6) is 11.5 Å². The summed E-state index contributed by atoms with van der Waals surface area (Å²) in [5.41, 5.74) is -0.203. The van der Waals surface area contributed by atoms with Gasteiger partial charge in [-0.1, -0.05) is 11.6 Å². The highest BCUT2D eigenvalue weighted by atomic mass is 35.5. The molecule has 1 aliphatic carbocycles. The Morgan fingerprint density at radius 2 is 2.04 bits per heavy atom. The highest BCUT2D eigenvalue weighted by molar-refractivity contribution is 6.33. The molecule has 1 aromatic carbocycles.